The Balaban J connectivity index is 1.41. The minimum absolute atomic E-state index is 0.0189. The van der Waals surface area contributed by atoms with Crippen molar-refractivity contribution in [3.63, 3.8) is 0 Å². The van der Waals surface area contributed by atoms with Crippen LogP contribution in [0.2, 0.25) is 0 Å². The third kappa shape index (κ3) is 4.62. The van der Waals surface area contributed by atoms with Crippen LogP contribution in [0.4, 0.5) is 11.6 Å². The molecular formula is C25H22N6O2. The average molecular weight is 438 g/mol. The maximum absolute atomic E-state index is 12.2. The van der Waals surface area contributed by atoms with Gasteiger partial charge in [-0.15, -0.1) is 5.10 Å². The highest BCUT2D eigenvalue weighted by atomic mass is 16.5. The Hall–Kier alpha value is -4.38. The first-order valence-electron chi connectivity index (χ1n) is 10.7. The van der Waals surface area contributed by atoms with E-state index in [2.05, 4.69) is 37.5 Å². The van der Waals surface area contributed by atoms with Crippen LogP contribution in [-0.2, 0) is 11.8 Å². The average Bonchev–Trinajstić information content (AvgIpc) is 3.60. The van der Waals surface area contributed by atoms with Crippen molar-refractivity contribution >= 4 is 28.3 Å². The summed E-state index contributed by atoms with van der Waals surface area (Å²) < 4.78 is 7.41. The van der Waals surface area contributed by atoms with Crippen LogP contribution in [0.5, 0.6) is 11.6 Å². The highest BCUT2D eigenvalue weighted by molar-refractivity contribution is 5.99. The van der Waals surface area contributed by atoms with Gasteiger partial charge in [-0.3, -0.25) is 9.48 Å². The van der Waals surface area contributed by atoms with Gasteiger partial charge in [0.25, 0.3) is 0 Å². The maximum Gasteiger partial charge on any atom is 0.238 e. The van der Waals surface area contributed by atoms with Gasteiger partial charge in [0.2, 0.25) is 11.8 Å². The van der Waals surface area contributed by atoms with Crippen LogP contribution in [0, 0.1) is 17.8 Å². The first-order valence-corrected chi connectivity index (χ1v) is 10.7. The molecule has 0 bridgehead atoms. The predicted molar refractivity (Wildman–Crippen MR) is 126 cm³/mol. The number of rotatable bonds is 5. The SMILES string of the molecule is CNc1ncc(C#Cc2ccc(Oc3ccn(C)n3)cc2)c2cc(NC(=O)C3CC3)ncc12. The fraction of sp³-hybridized carbons (Fsp3) is 0.200. The summed E-state index contributed by atoms with van der Waals surface area (Å²) in [5.74, 6) is 8.97. The molecular weight excluding hydrogens is 416 g/mol. The molecule has 8 heteroatoms. The van der Waals surface area contributed by atoms with Crippen LogP contribution in [0.15, 0.2) is 55.0 Å². The monoisotopic (exact) mass is 438 g/mol. The highest BCUT2D eigenvalue weighted by Gasteiger charge is 2.29. The van der Waals surface area contributed by atoms with Crippen molar-refractivity contribution in [2.45, 2.75) is 12.8 Å². The summed E-state index contributed by atoms with van der Waals surface area (Å²) in [6.45, 7) is 0. The van der Waals surface area contributed by atoms with E-state index >= 15 is 0 Å². The number of carbonyl (C=O) groups excluding carboxylic acids is 1. The normalized spacial score (nSPS) is 12.7. The van der Waals surface area contributed by atoms with Crippen molar-refractivity contribution < 1.29 is 9.53 Å². The fourth-order valence-electron chi connectivity index (χ4n) is 3.39. The van der Waals surface area contributed by atoms with Crippen LogP contribution < -0.4 is 15.4 Å². The number of pyridine rings is 2. The van der Waals surface area contributed by atoms with Crippen molar-refractivity contribution in [3.05, 3.63) is 66.1 Å². The molecule has 164 valence electrons. The Morgan fingerprint density at radius 2 is 1.91 bits per heavy atom. The van der Waals surface area contributed by atoms with Gasteiger partial charge in [-0.2, -0.15) is 0 Å². The largest absolute Gasteiger partial charge is 0.438 e. The molecule has 1 aliphatic rings. The van der Waals surface area contributed by atoms with Crippen molar-refractivity contribution in [3.8, 4) is 23.5 Å². The second kappa shape index (κ2) is 8.63. The lowest BCUT2D eigenvalue weighted by Gasteiger charge is -2.09. The molecule has 3 aromatic heterocycles. The quantitative estimate of drug-likeness (QED) is 0.459. The minimum Gasteiger partial charge on any atom is -0.438 e. The van der Waals surface area contributed by atoms with Gasteiger partial charge in [-0.25, -0.2) is 9.97 Å². The first kappa shape index (κ1) is 20.5. The molecule has 1 fully saturated rings. The lowest BCUT2D eigenvalue weighted by molar-refractivity contribution is -0.117. The standard InChI is InChI=1S/C25H22N6O2/c1-26-24-21-15-27-22(29-25(32)17-7-8-17)13-20(21)18(14-28-24)6-3-16-4-9-19(10-5-16)33-23-11-12-31(2)30-23/h4-5,9-15,17H,7-8H2,1-2H3,(H,26,28)(H,27,29,32). The summed E-state index contributed by atoms with van der Waals surface area (Å²) in [6.07, 6.45) is 7.15. The van der Waals surface area contributed by atoms with Gasteiger partial charge >= 0.3 is 0 Å². The maximum atomic E-state index is 12.2. The molecule has 3 heterocycles. The number of hydrogen-bond donors (Lipinski definition) is 2. The number of anilines is 2. The van der Waals surface area contributed by atoms with Crippen molar-refractivity contribution in [1.29, 1.82) is 0 Å². The zero-order valence-electron chi connectivity index (χ0n) is 18.3. The minimum atomic E-state index is 0.0189. The lowest BCUT2D eigenvalue weighted by Crippen LogP contribution is -2.14. The van der Waals surface area contributed by atoms with Gasteiger partial charge < -0.3 is 15.4 Å². The summed E-state index contributed by atoms with van der Waals surface area (Å²) >= 11 is 0. The number of aryl methyl sites for hydroxylation is 1. The molecule has 1 aliphatic carbocycles. The third-order valence-corrected chi connectivity index (χ3v) is 5.32. The van der Waals surface area contributed by atoms with E-state index in [4.69, 9.17) is 4.74 Å². The van der Waals surface area contributed by atoms with Gasteiger partial charge in [0.05, 0.1) is 5.56 Å². The number of fused-ring (bicyclic) bond motifs is 1. The van der Waals surface area contributed by atoms with E-state index in [0.717, 1.165) is 34.7 Å². The number of ether oxygens (including phenoxy) is 1. The molecule has 1 aromatic carbocycles. The Kier molecular flexibility index (Phi) is 5.37. The number of nitrogens with zero attached hydrogens (tertiary/aromatic N) is 4. The van der Waals surface area contributed by atoms with Crippen LogP contribution in [0.3, 0.4) is 0 Å². The molecule has 33 heavy (non-hydrogen) atoms. The van der Waals surface area contributed by atoms with Crippen LogP contribution in [-0.4, -0.2) is 32.7 Å². The van der Waals surface area contributed by atoms with Gasteiger partial charge in [0.1, 0.15) is 17.4 Å². The molecule has 0 radical (unpaired) electrons. The predicted octanol–water partition coefficient (Wildman–Crippen LogP) is 3.95. The summed E-state index contributed by atoms with van der Waals surface area (Å²) in [7, 11) is 3.65. The molecule has 4 aromatic rings. The Morgan fingerprint density at radius 3 is 2.61 bits per heavy atom. The second-order valence-electron chi connectivity index (χ2n) is 7.85. The summed E-state index contributed by atoms with van der Waals surface area (Å²) in [6, 6.07) is 11.2. The number of benzene rings is 1. The molecule has 1 amide bonds. The fourth-order valence-corrected chi connectivity index (χ4v) is 3.39. The van der Waals surface area contributed by atoms with Crippen LogP contribution in [0.25, 0.3) is 10.8 Å². The Morgan fingerprint density at radius 1 is 1.09 bits per heavy atom. The van der Waals surface area contributed by atoms with Crippen LogP contribution in [0.1, 0.15) is 24.0 Å². The molecule has 0 aliphatic heterocycles. The van der Waals surface area contributed by atoms with E-state index in [-0.39, 0.29) is 11.8 Å². The number of nitrogens with one attached hydrogen (secondary N) is 2. The number of amides is 1. The number of carbonyl (C=O) groups is 1. The van der Waals surface area contributed by atoms with Gasteiger partial charge in [-0.05, 0) is 43.2 Å². The van der Waals surface area contributed by atoms with E-state index in [1.54, 1.807) is 23.1 Å². The van der Waals surface area contributed by atoms with E-state index in [0.29, 0.717) is 23.3 Å². The molecule has 2 N–H and O–H groups in total. The van der Waals surface area contributed by atoms with Crippen molar-refractivity contribution in [1.82, 2.24) is 19.7 Å². The van der Waals surface area contributed by atoms with E-state index in [9.17, 15) is 4.79 Å². The molecule has 5 rings (SSSR count). The molecule has 8 nitrogen and oxygen atoms in total. The van der Waals surface area contributed by atoms with Gasteiger partial charge in [0, 0.05) is 61.0 Å². The molecule has 0 spiro atoms. The lowest BCUT2D eigenvalue weighted by atomic mass is 10.1. The van der Waals surface area contributed by atoms with Gasteiger partial charge in [0.15, 0.2) is 0 Å². The molecule has 0 saturated heterocycles. The van der Waals surface area contributed by atoms with E-state index in [1.165, 1.54) is 0 Å². The Labute approximate surface area is 191 Å². The zero-order chi connectivity index (χ0) is 22.8. The third-order valence-electron chi connectivity index (χ3n) is 5.32. The molecule has 1 saturated carbocycles. The van der Waals surface area contributed by atoms with E-state index < -0.39 is 0 Å². The summed E-state index contributed by atoms with van der Waals surface area (Å²) in [5, 5.41) is 11.9. The summed E-state index contributed by atoms with van der Waals surface area (Å²) in [4.78, 5) is 21.0. The van der Waals surface area contributed by atoms with Crippen molar-refractivity contribution in [2.75, 3.05) is 17.7 Å². The number of aromatic nitrogens is 4. The second-order valence-corrected chi connectivity index (χ2v) is 7.85. The van der Waals surface area contributed by atoms with E-state index in [1.807, 2.05) is 50.6 Å². The highest BCUT2D eigenvalue weighted by Crippen LogP contribution is 2.31. The first-order chi connectivity index (χ1) is 16.1. The molecule has 0 atom stereocenters. The summed E-state index contributed by atoms with van der Waals surface area (Å²) in [5.41, 5.74) is 1.59. The molecule has 0 unspecified atom stereocenters. The smallest absolute Gasteiger partial charge is 0.238 e. The topological polar surface area (TPSA) is 94.0 Å². The zero-order valence-corrected chi connectivity index (χ0v) is 18.3. The van der Waals surface area contributed by atoms with Crippen LogP contribution >= 0.6 is 0 Å². The van der Waals surface area contributed by atoms with Crippen molar-refractivity contribution in [2.24, 2.45) is 13.0 Å². The Bertz CT molecular complexity index is 1390. The van der Waals surface area contributed by atoms with Gasteiger partial charge in [-0.1, -0.05) is 11.8 Å². The number of hydrogen-bond acceptors (Lipinski definition) is 6.